The molecule has 0 saturated carbocycles. The lowest BCUT2D eigenvalue weighted by Crippen LogP contribution is -2.63. The molecule has 5 heteroatoms. The van der Waals surface area contributed by atoms with Crippen LogP contribution in [-0.2, 0) is 6.54 Å². The van der Waals surface area contributed by atoms with E-state index < -0.39 is 0 Å². The Labute approximate surface area is 165 Å². The predicted molar refractivity (Wildman–Crippen MR) is 111 cm³/mol. The van der Waals surface area contributed by atoms with Crippen molar-refractivity contribution in [2.45, 2.75) is 45.7 Å². The number of hydrogen-bond acceptors (Lipinski definition) is 5. The van der Waals surface area contributed by atoms with E-state index in [1.807, 2.05) is 6.92 Å². The predicted octanol–water partition coefficient (Wildman–Crippen LogP) is 3.00. The van der Waals surface area contributed by atoms with E-state index in [-0.39, 0.29) is 0 Å². The molecule has 152 valence electrons. The first-order valence-corrected chi connectivity index (χ1v) is 10.5. The molecule has 0 atom stereocenters. The van der Waals surface area contributed by atoms with Crippen molar-refractivity contribution in [3.8, 4) is 11.5 Å². The fourth-order valence-electron chi connectivity index (χ4n) is 4.61. The maximum Gasteiger partial charge on any atom is 0.130 e. The quantitative estimate of drug-likeness (QED) is 0.762. The van der Waals surface area contributed by atoms with Crippen LogP contribution in [0.1, 0.15) is 37.8 Å². The Balaban J connectivity index is 1.77. The van der Waals surface area contributed by atoms with Crippen LogP contribution in [-0.4, -0.2) is 80.3 Å². The van der Waals surface area contributed by atoms with Gasteiger partial charge in [0.15, 0.2) is 0 Å². The van der Waals surface area contributed by atoms with E-state index in [4.69, 9.17) is 9.47 Å². The Hall–Kier alpha value is -1.30. The smallest absolute Gasteiger partial charge is 0.130 e. The highest BCUT2D eigenvalue weighted by atomic mass is 16.5. The molecule has 2 heterocycles. The van der Waals surface area contributed by atoms with Gasteiger partial charge in [0, 0.05) is 42.8 Å². The fraction of sp³-hybridized carbons (Fsp3) is 0.727. The Morgan fingerprint density at radius 3 is 2.33 bits per heavy atom. The highest BCUT2D eigenvalue weighted by Crippen LogP contribution is 2.35. The summed E-state index contributed by atoms with van der Waals surface area (Å²) < 4.78 is 11.8. The Morgan fingerprint density at radius 2 is 1.67 bits per heavy atom. The van der Waals surface area contributed by atoms with Gasteiger partial charge in [0.1, 0.15) is 11.5 Å². The number of benzene rings is 1. The fourth-order valence-corrected chi connectivity index (χ4v) is 4.61. The van der Waals surface area contributed by atoms with Gasteiger partial charge >= 0.3 is 0 Å². The van der Waals surface area contributed by atoms with Gasteiger partial charge in [-0.1, -0.05) is 6.07 Å². The molecule has 3 rings (SSSR count). The van der Waals surface area contributed by atoms with E-state index in [0.29, 0.717) is 18.8 Å². The van der Waals surface area contributed by atoms with Gasteiger partial charge in [0.25, 0.3) is 0 Å². The van der Waals surface area contributed by atoms with Gasteiger partial charge in [-0.2, -0.15) is 0 Å². The first-order valence-electron chi connectivity index (χ1n) is 10.5. The van der Waals surface area contributed by atoms with Crippen LogP contribution in [0, 0.1) is 6.92 Å². The molecular weight excluding hydrogens is 338 g/mol. The SMILES string of the molecule is CCOc1ccc(CN2CCN(C)C3(CCN(C)CC3)C2)c(OCC)c1C. The van der Waals surface area contributed by atoms with Crippen molar-refractivity contribution in [3.63, 3.8) is 0 Å². The second kappa shape index (κ2) is 8.80. The summed E-state index contributed by atoms with van der Waals surface area (Å²) in [6, 6.07) is 4.31. The largest absolute Gasteiger partial charge is 0.493 e. The van der Waals surface area contributed by atoms with Gasteiger partial charge in [-0.05, 0) is 66.9 Å². The monoisotopic (exact) mass is 375 g/mol. The third-order valence-corrected chi connectivity index (χ3v) is 6.42. The molecule has 27 heavy (non-hydrogen) atoms. The Morgan fingerprint density at radius 1 is 0.963 bits per heavy atom. The molecule has 0 aromatic heterocycles. The van der Waals surface area contributed by atoms with E-state index in [0.717, 1.165) is 43.2 Å². The first kappa shape index (κ1) is 20.4. The highest BCUT2D eigenvalue weighted by molar-refractivity contribution is 5.49. The van der Waals surface area contributed by atoms with Crippen molar-refractivity contribution in [1.29, 1.82) is 0 Å². The summed E-state index contributed by atoms with van der Waals surface area (Å²) in [5.74, 6) is 1.95. The van der Waals surface area contributed by atoms with Crippen LogP contribution in [0.25, 0.3) is 0 Å². The normalized spacial score (nSPS) is 21.5. The molecule has 1 aromatic carbocycles. The maximum atomic E-state index is 6.04. The summed E-state index contributed by atoms with van der Waals surface area (Å²) in [6.07, 6.45) is 2.52. The van der Waals surface area contributed by atoms with Crippen LogP contribution < -0.4 is 9.47 Å². The molecule has 2 aliphatic rings. The van der Waals surface area contributed by atoms with Crippen molar-refractivity contribution >= 4 is 0 Å². The zero-order valence-corrected chi connectivity index (χ0v) is 17.9. The van der Waals surface area contributed by atoms with Crippen LogP contribution >= 0.6 is 0 Å². The Kier molecular flexibility index (Phi) is 6.66. The van der Waals surface area contributed by atoms with Gasteiger partial charge < -0.3 is 14.4 Å². The van der Waals surface area contributed by atoms with Crippen LogP contribution in [0.2, 0.25) is 0 Å². The van der Waals surface area contributed by atoms with Gasteiger partial charge in [0.2, 0.25) is 0 Å². The lowest BCUT2D eigenvalue weighted by molar-refractivity contribution is -0.0259. The summed E-state index contributed by atoms with van der Waals surface area (Å²) in [5.41, 5.74) is 2.74. The molecule has 1 aromatic rings. The summed E-state index contributed by atoms with van der Waals surface area (Å²) in [6.45, 7) is 14.3. The van der Waals surface area contributed by atoms with E-state index >= 15 is 0 Å². The lowest BCUT2D eigenvalue weighted by atomic mass is 9.83. The molecule has 0 unspecified atom stereocenters. The summed E-state index contributed by atoms with van der Waals surface area (Å²) in [5, 5.41) is 0. The zero-order chi connectivity index (χ0) is 19.4. The lowest BCUT2D eigenvalue weighted by Gasteiger charge is -2.53. The van der Waals surface area contributed by atoms with Crippen LogP contribution in [0.4, 0.5) is 0 Å². The van der Waals surface area contributed by atoms with Gasteiger partial charge in [0.05, 0.1) is 13.2 Å². The minimum Gasteiger partial charge on any atom is -0.493 e. The number of likely N-dealkylation sites (tertiary alicyclic amines) is 1. The molecule has 2 saturated heterocycles. The second-order valence-corrected chi connectivity index (χ2v) is 8.20. The molecule has 0 bridgehead atoms. The second-order valence-electron chi connectivity index (χ2n) is 8.20. The molecule has 5 nitrogen and oxygen atoms in total. The summed E-state index contributed by atoms with van der Waals surface area (Å²) in [4.78, 5) is 7.70. The molecular formula is C22H37N3O2. The van der Waals surface area contributed by atoms with Crippen molar-refractivity contribution in [2.24, 2.45) is 0 Å². The minimum atomic E-state index is 0.330. The maximum absolute atomic E-state index is 6.04. The van der Waals surface area contributed by atoms with E-state index in [1.165, 1.54) is 31.5 Å². The summed E-state index contributed by atoms with van der Waals surface area (Å²) >= 11 is 0. The number of piperidine rings is 1. The average molecular weight is 376 g/mol. The average Bonchev–Trinajstić information content (AvgIpc) is 2.66. The first-order chi connectivity index (χ1) is 13.0. The van der Waals surface area contributed by atoms with E-state index in [2.05, 4.69) is 54.8 Å². The topological polar surface area (TPSA) is 28.2 Å². The number of piperazine rings is 1. The van der Waals surface area contributed by atoms with Gasteiger partial charge in [-0.25, -0.2) is 0 Å². The minimum absolute atomic E-state index is 0.330. The van der Waals surface area contributed by atoms with Crippen LogP contribution in [0.5, 0.6) is 11.5 Å². The highest BCUT2D eigenvalue weighted by Gasteiger charge is 2.41. The molecule has 2 fully saturated rings. The molecule has 1 spiro atoms. The van der Waals surface area contributed by atoms with Crippen molar-refractivity contribution in [3.05, 3.63) is 23.3 Å². The molecule has 2 aliphatic heterocycles. The number of ether oxygens (including phenoxy) is 2. The number of likely N-dealkylation sites (N-methyl/N-ethyl adjacent to an activating group) is 1. The van der Waals surface area contributed by atoms with Crippen LogP contribution in [0.15, 0.2) is 12.1 Å². The van der Waals surface area contributed by atoms with Crippen molar-refractivity contribution in [2.75, 3.05) is 60.0 Å². The molecule has 0 radical (unpaired) electrons. The number of hydrogen-bond donors (Lipinski definition) is 0. The molecule has 0 amide bonds. The van der Waals surface area contributed by atoms with Crippen LogP contribution in [0.3, 0.4) is 0 Å². The summed E-state index contributed by atoms with van der Waals surface area (Å²) in [7, 11) is 4.56. The van der Waals surface area contributed by atoms with E-state index in [9.17, 15) is 0 Å². The number of rotatable bonds is 6. The van der Waals surface area contributed by atoms with Crippen molar-refractivity contribution in [1.82, 2.24) is 14.7 Å². The Bertz CT molecular complexity index is 626. The zero-order valence-electron chi connectivity index (χ0n) is 17.9. The number of nitrogens with zero attached hydrogens (tertiary/aromatic N) is 3. The van der Waals surface area contributed by atoms with Crippen molar-refractivity contribution < 1.29 is 9.47 Å². The van der Waals surface area contributed by atoms with Gasteiger partial charge in [-0.3, -0.25) is 9.80 Å². The third kappa shape index (κ3) is 4.41. The molecule has 0 aliphatic carbocycles. The van der Waals surface area contributed by atoms with E-state index in [1.54, 1.807) is 0 Å². The van der Waals surface area contributed by atoms with Gasteiger partial charge in [-0.15, -0.1) is 0 Å². The third-order valence-electron chi connectivity index (χ3n) is 6.42. The molecule has 0 N–H and O–H groups in total. The standard InChI is InChI=1S/C22H37N3O2/c1-6-26-20-9-8-19(21(18(20)3)27-7-2)16-25-15-14-24(5)22(17-25)10-12-23(4)13-11-22/h8-9H,6-7,10-17H2,1-5H3.